The minimum Gasteiger partial charge on any atom is -0.347 e. The minimum absolute atomic E-state index is 0.164. The lowest BCUT2D eigenvalue weighted by Gasteiger charge is -2.20. The van der Waals surface area contributed by atoms with Crippen LogP contribution in [-0.2, 0) is 0 Å². The average molecular weight is 456 g/mol. The summed E-state index contributed by atoms with van der Waals surface area (Å²) in [5.74, 6) is -0.529. The van der Waals surface area contributed by atoms with E-state index in [2.05, 4.69) is 36.9 Å². The first-order valence-corrected chi connectivity index (χ1v) is 9.85. The molecule has 0 unspecified atom stereocenters. The number of carbonyl (C=O) groups excluding carboxylic acids is 2. The van der Waals surface area contributed by atoms with Crippen LogP contribution in [0.25, 0.3) is 5.69 Å². The number of rotatable bonds is 4. The van der Waals surface area contributed by atoms with Gasteiger partial charge in [-0.15, -0.1) is 5.10 Å². The molecule has 7 nitrogen and oxygen atoms in total. The maximum absolute atomic E-state index is 12.6. The Morgan fingerprint density at radius 1 is 1.03 bits per heavy atom. The van der Waals surface area contributed by atoms with E-state index in [1.165, 1.54) is 0 Å². The molecule has 0 bridgehead atoms. The van der Waals surface area contributed by atoms with Crippen LogP contribution in [0.2, 0.25) is 0 Å². The number of carbonyl (C=O) groups is 2. The Kier molecular flexibility index (Phi) is 5.83. The summed E-state index contributed by atoms with van der Waals surface area (Å²) >= 11 is 3.43. The van der Waals surface area contributed by atoms with E-state index in [0.29, 0.717) is 16.9 Å². The maximum Gasteiger partial charge on any atom is 0.278 e. The van der Waals surface area contributed by atoms with Crippen molar-refractivity contribution in [3.63, 3.8) is 0 Å². The standard InChI is InChI=1S/C21H22BrN5O2/c1-13-18(25-26-27(13)17-7-5-6-15(22)12-17)20(29)23-16-10-8-14(9-11-16)19(28)24-21(2,3)4/h5-12H,1-4H3,(H,23,29)(H,24,28). The van der Waals surface area contributed by atoms with E-state index in [-0.39, 0.29) is 23.0 Å². The number of hydrogen-bond donors (Lipinski definition) is 2. The second kappa shape index (κ2) is 8.16. The lowest BCUT2D eigenvalue weighted by molar-refractivity contribution is 0.0919. The summed E-state index contributed by atoms with van der Waals surface area (Å²) in [7, 11) is 0. The highest BCUT2D eigenvalue weighted by Gasteiger charge is 2.18. The monoisotopic (exact) mass is 455 g/mol. The van der Waals surface area contributed by atoms with Gasteiger partial charge in [0, 0.05) is 21.3 Å². The highest BCUT2D eigenvalue weighted by molar-refractivity contribution is 9.10. The highest BCUT2D eigenvalue weighted by atomic mass is 79.9. The van der Waals surface area contributed by atoms with Gasteiger partial charge < -0.3 is 10.6 Å². The van der Waals surface area contributed by atoms with Gasteiger partial charge in [0.05, 0.1) is 11.4 Å². The zero-order valence-corrected chi connectivity index (χ0v) is 18.2. The van der Waals surface area contributed by atoms with Crippen LogP contribution in [0.5, 0.6) is 0 Å². The zero-order valence-electron chi connectivity index (χ0n) is 16.7. The molecular formula is C21H22BrN5O2. The molecule has 0 fully saturated rings. The van der Waals surface area contributed by atoms with Gasteiger partial charge in [-0.2, -0.15) is 0 Å². The molecule has 2 aromatic carbocycles. The van der Waals surface area contributed by atoms with E-state index in [0.717, 1.165) is 10.2 Å². The molecule has 2 amide bonds. The lowest BCUT2D eigenvalue weighted by atomic mass is 10.1. The molecule has 150 valence electrons. The molecule has 0 spiro atoms. The van der Waals surface area contributed by atoms with Crippen LogP contribution >= 0.6 is 15.9 Å². The van der Waals surface area contributed by atoms with Crippen LogP contribution in [0.1, 0.15) is 47.3 Å². The molecule has 2 N–H and O–H groups in total. The van der Waals surface area contributed by atoms with E-state index in [1.54, 1.807) is 35.9 Å². The van der Waals surface area contributed by atoms with E-state index in [1.807, 2.05) is 45.0 Å². The van der Waals surface area contributed by atoms with Crippen molar-refractivity contribution in [1.29, 1.82) is 0 Å². The number of nitrogens with one attached hydrogen (secondary N) is 2. The molecule has 3 rings (SSSR count). The smallest absolute Gasteiger partial charge is 0.278 e. The van der Waals surface area contributed by atoms with E-state index < -0.39 is 0 Å². The lowest BCUT2D eigenvalue weighted by Crippen LogP contribution is -2.40. The number of nitrogens with zero attached hydrogens (tertiary/aromatic N) is 3. The minimum atomic E-state index is -0.365. The van der Waals surface area contributed by atoms with Gasteiger partial charge in [-0.25, -0.2) is 4.68 Å². The molecule has 0 atom stereocenters. The molecule has 29 heavy (non-hydrogen) atoms. The SMILES string of the molecule is Cc1c(C(=O)Nc2ccc(C(=O)NC(C)(C)C)cc2)nnn1-c1cccc(Br)c1. The summed E-state index contributed by atoms with van der Waals surface area (Å²) in [5, 5.41) is 13.8. The van der Waals surface area contributed by atoms with Gasteiger partial charge in [0.15, 0.2) is 5.69 Å². The third-order valence-corrected chi connectivity index (χ3v) is 4.55. The van der Waals surface area contributed by atoms with Crippen LogP contribution in [0.4, 0.5) is 5.69 Å². The van der Waals surface area contributed by atoms with Crippen LogP contribution < -0.4 is 10.6 Å². The average Bonchev–Trinajstić information content (AvgIpc) is 3.02. The first-order chi connectivity index (χ1) is 13.6. The quantitative estimate of drug-likeness (QED) is 0.618. The number of anilines is 1. The first kappa shape index (κ1) is 20.7. The molecule has 0 radical (unpaired) electrons. The molecule has 8 heteroatoms. The predicted molar refractivity (Wildman–Crippen MR) is 115 cm³/mol. The third-order valence-electron chi connectivity index (χ3n) is 4.06. The molecule has 0 aliphatic heterocycles. The molecule has 3 aromatic rings. The van der Waals surface area contributed by atoms with Crippen molar-refractivity contribution >= 4 is 33.4 Å². The summed E-state index contributed by atoms with van der Waals surface area (Å²) < 4.78 is 2.52. The van der Waals surface area contributed by atoms with Gasteiger partial charge in [0.2, 0.25) is 0 Å². The molecule has 0 saturated heterocycles. The molecule has 0 saturated carbocycles. The van der Waals surface area contributed by atoms with Crippen molar-refractivity contribution in [3.05, 3.63) is 70.0 Å². The Bertz CT molecular complexity index is 1050. The van der Waals surface area contributed by atoms with Crippen LogP contribution in [0, 0.1) is 6.92 Å². The fraction of sp³-hybridized carbons (Fsp3) is 0.238. The van der Waals surface area contributed by atoms with Gasteiger partial charge in [-0.3, -0.25) is 9.59 Å². The summed E-state index contributed by atoms with van der Waals surface area (Å²) in [6.07, 6.45) is 0. The third kappa shape index (κ3) is 5.08. The molecule has 0 aliphatic rings. The molecule has 0 aliphatic carbocycles. The van der Waals surface area contributed by atoms with Gasteiger partial charge in [0.25, 0.3) is 11.8 Å². The summed E-state index contributed by atoms with van der Waals surface area (Å²) in [6, 6.07) is 14.3. The Morgan fingerprint density at radius 2 is 1.72 bits per heavy atom. The highest BCUT2D eigenvalue weighted by Crippen LogP contribution is 2.18. The van der Waals surface area contributed by atoms with E-state index in [9.17, 15) is 9.59 Å². The topological polar surface area (TPSA) is 88.9 Å². The Morgan fingerprint density at radius 3 is 2.34 bits per heavy atom. The second-order valence-corrected chi connectivity index (χ2v) is 8.57. The number of halogens is 1. The Hall–Kier alpha value is -3.00. The van der Waals surface area contributed by atoms with Gasteiger partial charge in [-0.05, 0) is 70.2 Å². The summed E-state index contributed by atoms with van der Waals surface area (Å²) in [4.78, 5) is 24.8. The Balaban J connectivity index is 1.73. The summed E-state index contributed by atoms with van der Waals surface area (Å²) in [5.41, 5.74) is 2.44. The van der Waals surface area contributed by atoms with Crippen molar-refractivity contribution in [2.24, 2.45) is 0 Å². The first-order valence-electron chi connectivity index (χ1n) is 9.06. The summed E-state index contributed by atoms with van der Waals surface area (Å²) in [6.45, 7) is 7.55. The normalized spacial score (nSPS) is 11.2. The molecule has 1 aromatic heterocycles. The predicted octanol–water partition coefficient (Wildman–Crippen LogP) is 4.12. The van der Waals surface area contributed by atoms with Gasteiger partial charge >= 0.3 is 0 Å². The van der Waals surface area contributed by atoms with Crippen molar-refractivity contribution in [2.45, 2.75) is 33.2 Å². The van der Waals surface area contributed by atoms with Crippen LogP contribution in [0.15, 0.2) is 53.0 Å². The number of aromatic nitrogens is 3. The fourth-order valence-electron chi connectivity index (χ4n) is 2.70. The van der Waals surface area contributed by atoms with Crippen molar-refractivity contribution < 1.29 is 9.59 Å². The molecular weight excluding hydrogens is 434 g/mol. The van der Waals surface area contributed by atoms with Crippen molar-refractivity contribution in [1.82, 2.24) is 20.3 Å². The number of hydrogen-bond acceptors (Lipinski definition) is 4. The van der Waals surface area contributed by atoms with Crippen molar-refractivity contribution in [2.75, 3.05) is 5.32 Å². The number of benzene rings is 2. The fourth-order valence-corrected chi connectivity index (χ4v) is 3.09. The van der Waals surface area contributed by atoms with E-state index in [4.69, 9.17) is 0 Å². The van der Waals surface area contributed by atoms with E-state index >= 15 is 0 Å². The Labute approximate surface area is 177 Å². The van der Waals surface area contributed by atoms with Crippen LogP contribution in [0.3, 0.4) is 0 Å². The van der Waals surface area contributed by atoms with Crippen molar-refractivity contribution in [3.8, 4) is 5.69 Å². The number of amides is 2. The van der Waals surface area contributed by atoms with Gasteiger partial charge in [-0.1, -0.05) is 27.2 Å². The van der Waals surface area contributed by atoms with Gasteiger partial charge in [0.1, 0.15) is 0 Å². The molecule has 1 heterocycles. The maximum atomic E-state index is 12.6. The largest absolute Gasteiger partial charge is 0.347 e. The van der Waals surface area contributed by atoms with Crippen LogP contribution in [-0.4, -0.2) is 32.3 Å². The second-order valence-electron chi connectivity index (χ2n) is 7.65. The zero-order chi connectivity index (χ0) is 21.2.